The first-order valence-corrected chi connectivity index (χ1v) is 16.6. The zero-order valence-corrected chi connectivity index (χ0v) is 24.5. The van der Waals surface area contributed by atoms with Gasteiger partial charge in [0.05, 0.1) is 21.7 Å². The topological polar surface area (TPSA) is 182 Å². The van der Waals surface area contributed by atoms with E-state index >= 15 is 0 Å². The van der Waals surface area contributed by atoms with Gasteiger partial charge in [-0.15, -0.1) is 11.3 Å². The van der Waals surface area contributed by atoms with E-state index in [0.29, 0.717) is 22.4 Å². The van der Waals surface area contributed by atoms with Crippen molar-refractivity contribution in [2.75, 3.05) is 24.6 Å². The van der Waals surface area contributed by atoms with Gasteiger partial charge in [-0.2, -0.15) is 9.59 Å². The van der Waals surface area contributed by atoms with Crippen molar-refractivity contribution < 1.29 is 35.6 Å². The average Bonchev–Trinajstić information content (AvgIpc) is 3.33. The largest absolute Gasteiger partial charge is 0.373 e. The molecule has 222 valence electrons. The Hall–Kier alpha value is -3.85. The fourth-order valence-corrected chi connectivity index (χ4v) is 7.29. The van der Waals surface area contributed by atoms with Crippen LogP contribution in [0.3, 0.4) is 0 Å². The smallest absolute Gasteiger partial charge is 0.354 e. The molecule has 0 fully saturated rings. The maximum Gasteiger partial charge on any atom is 0.373 e. The standard InChI is InChI=1S/C26H27FN4O5S3.CO2/c27-21-16-22-23(15-20(21)19-9-5-2-6-10-19)37-26(31-22)24(25(32)30-12-14-39(28,35)36)38(33,34)13-11-29-17-18-7-3-1-4-8-18;2-1-3/h1-10,15-16,24,29H,11-14,17H2,(H,30,32)(H2,28,35,36);. The molecular formula is C27H27FN4O7S3. The van der Waals surface area contributed by atoms with E-state index in [9.17, 15) is 26.0 Å². The summed E-state index contributed by atoms with van der Waals surface area (Å²) in [4.78, 5) is 33.7. The number of aromatic nitrogens is 1. The summed E-state index contributed by atoms with van der Waals surface area (Å²) in [6, 6.07) is 21.1. The van der Waals surface area contributed by atoms with Gasteiger partial charge in [0, 0.05) is 31.3 Å². The highest BCUT2D eigenvalue weighted by Crippen LogP contribution is 2.35. The monoisotopic (exact) mass is 634 g/mol. The summed E-state index contributed by atoms with van der Waals surface area (Å²) < 4.78 is 64.9. The van der Waals surface area contributed by atoms with Crippen molar-refractivity contribution >= 4 is 53.5 Å². The Morgan fingerprint density at radius 2 is 1.57 bits per heavy atom. The highest BCUT2D eigenvalue weighted by Gasteiger charge is 2.36. The third-order valence-corrected chi connectivity index (χ3v) is 9.76. The van der Waals surface area contributed by atoms with Gasteiger partial charge >= 0.3 is 6.15 Å². The number of benzene rings is 3. The van der Waals surface area contributed by atoms with Crippen LogP contribution in [-0.2, 0) is 40.8 Å². The quantitative estimate of drug-likeness (QED) is 0.197. The number of halogens is 1. The number of fused-ring (bicyclic) bond motifs is 1. The number of carbonyl (C=O) groups excluding carboxylic acids is 3. The van der Waals surface area contributed by atoms with E-state index in [1.807, 2.05) is 36.4 Å². The first kappa shape index (κ1) is 32.7. The first-order valence-electron chi connectivity index (χ1n) is 12.3. The Morgan fingerprint density at radius 1 is 0.952 bits per heavy atom. The predicted molar refractivity (Wildman–Crippen MR) is 156 cm³/mol. The Bertz CT molecular complexity index is 1760. The molecule has 42 heavy (non-hydrogen) atoms. The van der Waals surface area contributed by atoms with Crippen molar-refractivity contribution in [1.29, 1.82) is 0 Å². The number of carbonyl (C=O) groups is 1. The Kier molecular flexibility index (Phi) is 11.6. The number of nitrogens with two attached hydrogens (primary N) is 1. The van der Waals surface area contributed by atoms with Gasteiger partial charge in [-0.3, -0.25) is 4.79 Å². The molecule has 4 rings (SSSR count). The minimum absolute atomic E-state index is 0.0363. The number of thiazole rings is 1. The lowest BCUT2D eigenvalue weighted by atomic mass is 10.1. The van der Waals surface area contributed by atoms with E-state index in [-0.39, 0.29) is 35.5 Å². The van der Waals surface area contributed by atoms with Gasteiger partial charge in [-0.1, -0.05) is 60.7 Å². The Morgan fingerprint density at radius 3 is 2.19 bits per heavy atom. The first-order chi connectivity index (χ1) is 19.9. The molecule has 0 saturated carbocycles. The van der Waals surface area contributed by atoms with Crippen LogP contribution in [-0.4, -0.2) is 58.5 Å². The molecule has 1 heterocycles. The van der Waals surface area contributed by atoms with Gasteiger partial charge in [-0.05, 0) is 17.2 Å². The van der Waals surface area contributed by atoms with Crippen molar-refractivity contribution in [3.63, 3.8) is 0 Å². The molecular weight excluding hydrogens is 608 g/mol. The van der Waals surface area contributed by atoms with Crippen LogP contribution in [0.15, 0.2) is 72.8 Å². The van der Waals surface area contributed by atoms with Crippen LogP contribution < -0.4 is 15.8 Å². The molecule has 4 N–H and O–H groups in total. The molecule has 1 atom stereocenters. The van der Waals surface area contributed by atoms with Gasteiger partial charge in [-0.25, -0.2) is 31.3 Å². The van der Waals surface area contributed by atoms with Crippen molar-refractivity contribution in [3.05, 3.63) is 89.2 Å². The third-order valence-electron chi connectivity index (χ3n) is 5.82. The Labute approximate surface area is 245 Å². The van der Waals surface area contributed by atoms with Gasteiger partial charge in [0.25, 0.3) is 0 Å². The number of primary sulfonamides is 1. The number of amides is 1. The van der Waals surface area contributed by atoms with Gasteiger partial charge in [0.15, 0.2) is 15.1 Å². The summed E-state index contributed by atoms with van der Waals surface area (Å²) in [6.07, 6.45) is 0.250. The van der Waals surface area contributed by atoms with E-state index in [1.165, 1.54) is 6.07 Å². The zero-order valence-electron chi connectivity index (χ0n) is 22.0. The maximum absolute atomic E-state index is 14.9. The molecule has 3 aromatic carbocycles. The number of sulfone groups is 1. The third kappa shape index (κ3) is 9.34. The number of nitrogens with one attached hydrogen (secondary N) is 2. The van der Waals surface area contributed by atoms with E-state index in [1.54, 1.807) is 30.3 Å². The van der Waals surface area contributed by atoms with Crippen LogP contribution in [0.25, 0.3) is 21.3 Å². The molecule has 11 nitrogen and oxygen atoms in total. The summed E-state index contributed by atoms with van der Waals surface area (Å²) in [6.45, 7) is 0.133. The number of rotatable bonds is 12. The highest BCUT2D eigenvalue weighted by molar-refractivity contribution is 7.92. The average molecular weight is 635 g/mol. The molecule has 0 saturated heterocycles. The second-order valence-electron chi connectivity index (χ2n) is 8.87. The molecule has 0 aliphatic heterocycles. The minimum Gasteiger partial charge on any atom is -0.354 e. The molecule has 0 aliphatic rings. The van der Waals surface area contributed by atoms with Crippen LogP contribution in [0.4, 0.5) is 4.39 Å². The molecule has 1 unspecified atom stereocenters. The van der Waals surface area contributed by atoms with Crippen LogP contribution in [0, 0.1) is 5.82 Å². The van der Waals surface area contributed by atoms with Gasteiger partial charge < -0.3 is 10.6 Å². The summed E-state index contributed by atoms with van der Waals surface area (Å²) >= 11 is 0.972. The summed E-state index contributed by atoms with van der Waals surface area (Å²) in [5, 5.41) is 8.65. The molecule has 0 radical (unpaired) electrons. The maximum atomic E-state index is 14.9. The number of hydrogen-bond acceptors (Lipinski definition) is 10. The van der Waals surface area contributed by atoms with Crippen LogP contribution in [0.5, 0.6) is 0 Å². The number of hydrogen-bond donors (Lipinski definition) is 3. The van der Waals surface area contributed by atoms with Crippen LogP contribution in [0.2, 0.25) is 0 Å². The zero-order chi connectivity index (χ0) is 30.8. The SMILES string of the molecule is NS(=O)(=O)CCNC(=O)C(c1nc2cc(F)c(-c3ccccc3)cc2s1)S(=O)(=O)CCNCc1ccccc1.O=C=O. The van der Waals surface area contributed by atoms with Crippen LogP contribution >= 0.6 is 11.3 Å². The summed E-state index contributed by atoms with van der Waals surface area (Å²) in [5.41, 5.74) is 2.14. The summed E-state index contributed by atoms with van der Waals surface area (Å²) in [5.74, 6) is -2.40. The van der Waals surface area contributed by atoms with E-state index in [4.69, 9.17) is 14.7 Å². The lowest BCUT2D eigenvalue weighted by molar-refractivity contribution is -0.191. The fourth-order valence-electron chi connectivity index (χ4n) is 3.92. The van der Waals surface area contributed by atoms with E-state index in [2.05, 4.69) is 15.6 Å². The highest BCUT2D eigenvalue weighted by atomic mass is 32.2. The number of sulfonamides is 1. The van der Waals surface area contributed by atoms with Crippen molar-refractivity contribution in [2.45, 2.75) is 11.8 Å². The Balaban J connectivity index is 0.00000155. The number of nitrogens with zero attached hydrogens (tertiary/aromatic N) is 1. The molecule has 1 amide bonds. The van der Waals surface area contributed by atoms with E-state index in [0.717, 1.165) is 16.9 Å². The second-order valence-corrected chi connectivity index (χ2v) is 13.9. The predicted octanol–water partition coefficient (Wildman–Crippen LogP) is 2.17. The lowest BCUT2D eigenvalue weighted by Gasteiger charge is -2.16. The second kappa shape index (κ2) is 14.9. The molecule has 15 heteroatoms. The van der Waals surface area contributed by atoms with Gasteiger partial charge in [0.2, 0.25) is 15.9 Å². The molecule has 0 bridgehead atoms. The van der Waals surface area contributed by atoms with Crippen molar-refractivity contribution in [2.24, 2.45) is 5.14 Å². The van der Waals surface area contributed by atoms with Crippen molar-refractivity contribution in [1.82, 2.24) is 15.6 Å². The van der Waals surface area contributed by atoms with Crippen LogP contribution in [0.1, 0.15) is 15.8 Å². The molecule has 1 aromatic heterocycles. The van der Waals surface area contributed by atoms with Crippen molar-refractivity contribution in [3.8, 4) is 11.1 Å². The molecule has 0 aliphatic carbocycles. The van der Waals surface area contributed by atoms with Gasteiger partial charge in [0.1, 0.15) is 10.8 Å². The van der Waals surface area contributed by atoms with E-state index < -0.39 is 42.6 Å². The minimum atomic E-state index is -4.12. The molecule has 0 spiro atoms. The lowest BCUT2D eigenvalue weighted by Crippen LogP contribution is -2.39. The molecule has 4 aromatic rings. The summed E-state index contributed by atoms with van der Waals surface area (Å²) in [7, 11) is -7.99. The normalized spacial score (nSPS) is 12.1. The fraction of sp³-hybridized carbons (Fsp3) is 0.222.